The number of amides is 1. The summed E-state index contributed by atoms with van der Waals surface area (Å²) in [5.41, 5.74) is 4.37. The first kappa shape index (κ1) is 17.2. The van der Waals surface area contributed by atoms with Crippen LogP contribution in [-0.2, 0) is 18.4 Å². The molecule has 1 atom stereocenters. The Morgan fingerprint density at radius 2 is 1.78 bits per heavy atom. The van der Waals surface area contributed by atoms with Crippen LogP contribution in [-0.4, -0.2) is 46.6 Å². The molecule has 2 rings (SSSR count). The maximum atomic E-state index is 12.9. The molecular weight excluding hydrogens is 288 g/mol. The van der Waals surface area contributed by atoms with Gasteiger partial charge in [-0.15, -0.1) is 0 Å². The quantitative estimate of drug-likeness (QED) is 0.850. The Bertz CT molecular complexity index is 673. The second-order valence-corrected chi connectivity index (χ2v) is 6.35. The van der Waals surface area contributed by atoms with Crippen molar-refractivity contribution in [2.45, 2.75) is 26.4 Å². The molecule has 1 amide bonds. The van der Waals surface area contributed by atoms with Crippen molar-refractivity contribution in [3.63, 3.8) is 0 Å². The number of carbonyl (C=O) groups excluding carboxylic acids is 1. The second-order valence-electron chi connectivity index (χ2n) is 6.35. The smallest absolute Gasteiger partial charge is 0.244 e. The van der Waals surface area contributed by atoms with E-state index in [4.69, 9.17) is 0 Å². The molecule has 0 saturated heterocycles. The standard InChI is InChI=1S/C18H26N4O/c1-13-7-9-15(10-8-13)17(20(3)4)18(23)21(5)12-16-11-19-22(6)14(16)2/h7-11,17H,12H2,1-6H3. The fourth-order valence-corrected chi connectivity index (χ4v) is 2.65. The van der Waals surface area contributed by atoms with E-state index in [-0.39, 0.29) is 11.9 Å². The first-order valence-corrected chi connectivity index (χ1v) is 7.76. The first-order chi connectivity index (χ1) is 10.8. The van der Waals surface area contributed by atoms with Gasteiger partial charge in [-0.3, -0.25) is 14.4 Å². The third-order valence-corrected chi connectivity index (χ3v) is 4.26. The van der Waals surface area contributed by atoms with Gasteiger partial charge in [-0.1, -0.05) is 29.8 Å². The van der Waals surface area contributed by atoms with Crippen LogP contribution in [0.15, 0.2) is 30.5 Å². The fourth-order valence-electron chi connectivity index (χ4n) is 2.65. The van der Waals surface area contributed by atoms with Crippen LogP contribution in [0.5, 0.6) is 0 Å². The largest absolute Gasteiger partial charge is 0.340 e. The molecule has 0 aliphatic carbocycles. The molecule has 1 unspecified atom stereocenters. The third kappa shape index (κ3) is 3.79. The highest BCUT2D eigenvalue weighted by Crippen LogP contribution is 2.22. The summed E-state index contributed by atoms with van der Waals surface area (Å²) in [6.45, 7) is 4.63. The van der Waals surface area contributed by atoms with E-state index in [1.54, 1.807) is 4.90 Å². The molecule has 1 heterocycles. The summed E-state index contributed by atoms with van der Waals surface area (Å²) in [6, 6.07) is 7.87. The number of hydrogen-bond donors (Lipinski definition) is 0. The van der Waals surface area contributed by atoms with Gasteiger partial charge in [-0.25, -0.2) is 0 Å². The topological polar surface area (TPSA) is 41.4 Å². The molecule has 1 aromatic heterocycles. The van der Waals surface area contributed by atoms with E-state index in [2.05, 4.69) is 5.10 Å². The fraction of sp³-hybridized carbons (Fsp3) is 0.444. The zero-order chi connectivity index (χ0) is 17.1. The van der Waals surface area contributed by atoms with Crippen LogP contribution in [0, 0.1) is 13.8 Å². The maximum Gasteiger partial charge on any atom is 0.244 e. The number of aromatic nitrogens is 2. The first-order valence-electron chi connectivity index (χ1n) is 7.76. The summed E-state index contributed by atoms with van der Waals surface area (Å²) in [4.78, 5) is 16.7. The van der Waals surface area contributed by atoms with Crippen LogP contribution in [0.2, 0.25) is 0 Å². The number of nitrogens with zero attached hydrogens (tertiary/aromatic N) is 4. The van der Waals surface area contributed by atoms with Gasteiger partial charge in [0.1, 0.15) is 6.04 Å². The van der Waals surface area contributed by atoms with Crippen molar-refractivity contribution in [3.05, 3.63) is 52.8 Å². The van der Waals surface area contributed by atoms with Gasteiger partial charge in [0, 0.05) is 31.9 Å². The van der Waals surface area contributed by atoms with Crippen molar-refractivity contribution >= 4 is 5.91 Å². The molecule has 0 spiro atoms. The zero-order valence-corrected chi connectivity index (χ0v) is 14.9. The Kier molecular flexibility index (Phi) is 5.21. The Hall–Kier alpha value is -2.14. The zero-order valence-electron chi connectivity index (χ0n) is 14.9. The highest BCUT2D eigenvalue weighted by atomic mass is 16.2. The third-order valence-electron chi connectivity index (χ3n) is 4.26. The second kappa shape index (κ2) is 6.96. The van der Waals surface area contributed by atoms with Crippen LogP contribution in [0.4, 0.5) is 0 Å². The number of aryl methyl sites for hydroxylation is 2. The molecule has 0 bridgehead atoms. The molecule has 124 valence electrons. The van der Waals surface area contributed by atoms with Crippen molar-refractivity contribution in [2.24, 2.45) is 7.05 Å². The molecule has 23 heavy (non-hydrogen) atoms. The molecule has 0 aliphatic rings. The molecule has 0 aliphatic heterocycles. The lowest BCUT2D eigenvalue weighted by molar-refractivity contribution is -0.135. The Morgan fingerprint density at radius 3 is 2.26 bits per heavy atom. The highest BCUT2D eigenvalue weighted by Gasteiger charge is 2.26. The van der Waals surface area contributed by atoms with Crippen LogP contribution in [0.3, 0.4) is 0 Å². The van der Waals surface area contributed by atoms with Crippen LogP contribution in [0.25, 0.3) is 0 Å². The van der Waals surface area contributed by atoms with Crippen LogP contribution >= 0.6 is 0 Å². The van der Waals surface area contributed by atoms with Gasteiger partial charge in [-0.05, 0) is 33.5 Å². The average Bonchev–Trinajstić information content (AvgIpc) is 2.81. The van der Waals surface area contributed by atoms with Crippen molar-refractivity contribution in [2.75, 3.05) is 21.1 Å². The van der Waals surface area contributed by atoms with Crippen molar-refractivity contribution in [3.8, 4) is 0 Å². The van der Waals surface area contributed by atoms with E-state index in [1.165, 1.54) is 5.56 Å². The SMILES string of the molecule is Cc1ccc(C(C(=O)N(C)Cc2cnn(C)c2C)N(C)C)cc1. The Morgan fingerprint density at radius 1 is 1.17 bits per heavy atom. The van der Waals surface area contributed by atoms with E-state index in [0.717, 1.165) is 16.8 Å². The minimum Gasteiger partial charge on any atom is -0.340 e. The summed E-state index contributed by atoms with van der Waals surface area (Å²) in [5, 5.41) is 4.24. The monoisotopic (exact) mass is 314 g/mol. The van der Waals surface area contributed by atoms with E-state index < -0.39 is 0 Å². The summed E-state index contributed by atoms with van der Waals surface area (Å²) >= 11 is 0. The van der Waals surface area contributed by atoms with E-state index in [0.29, 0.717) is 6.54 Å². The van der Waals surface area contributed by atoms with Gasteiger partial charge in [0.2, 0.25) is 5.91 Å². The molecule has 1 aromatic carbocycles. The van der Waals surface area contributed by atoms with Crippen LogP contribution in [0.1, 0.15) is 28.4 Å². The van der Waals surface area contributed by atoms with E-state index in [9.17, 15) is 4.79 Å². The lowest BCUT2D eigenvalue weighted by Gasteiger charge is -2.28. The van der Waals surface area contributed by atoms with Gasteiger partial charge < -0.3 is 4.90 Å². The number of hydrogen-bond acceptors (Lipinski definition) is 3. The molecular formula is C18H26N4O. The van der Waals surface area contributed by atoms with Crippen molar-refractivity contribution in [1.29, 1.82) is 0 Å². The molecule has 5 nitrogen and oxygen atoms in total. The number of benzene rings is 1. The average molecular weight is 314 g/mol. The molecule has 2 aromatic rings. The lowest BCUT2D eigenvalue weighted by atomic mass is 10.0. The molecule has 0 radical (unpaired) electrons. The van der Waals surface area contributed by atoms with Gasteiger partial charge in [0.25, 0.3) is 0 Å². The highest BCUT2D eigenvalue weighted by molar-refractivity contribution is 5.83. The summed E-state index contributed by atoms with van der Waals surface area (Å²) < 4.78 is 1.83. The van der Waals surface area contributed by atoms with Gasteiger partial charge in [-0.2, -0.15) is 5.10 Å². The van der Waals surface area contributed by atoms with Crippen molar-refractivity contribution < 1.29 is 4.79 Å². The summed E-state index contributed by atoms with van der Waals surface area (Å²) in [7, 11) is 7.63. The number of carbonyl (C=O) groups is 1. The van der Waals surface area contributed by atoms with Gasteiger partial charge >= 0.3 is 0 Å². The number of rotatable bonds is 5. The molecule has 0 saturated carbocycles. The van der Waals surface area contributed by atoms with E-state index in [1.807, 2.05) is 82.1 Å². The normalized spacial score (nSPS) is 12.5. The minimum atomic E-state index is -0.280. The van der Waals surface area contributed by atoms with Gasteiger partial charge in [0.15, 0.2) is 0 Å². The minimum absolute atomic E-state index is 0.0853. The van der Waals surface area contributed by atoms with Crippen LogP contribution < -0.4 is 0 Å². The van der Waals surface area contributed by atoms with E-state index >= 15 is 0 Å². The predicted molar refractivity (Wildman–Crippen MR) is 92.0 cm³/mol. The predicted octanol–water partition coefficient (Wildman–Crippen LogP) is 2.30. The maximum absolute atomic E-state index is 12.9. The summed E-state index contributed by atoms with van der Waals surface area (Å²) in [6.07, 6.45) is 1.83. The molecule has 0 fully saturated rings. The summed E-state index contributed by atoms with van der Waals surface area (Å²) in [5.74, 6) is 0.0853. The Labute approximate surface area is 138 Å². The van der Waals surface area contributed by atoms with Crippen molar-refractivity contribution in [1.82, 2.24) is 19.6 Å². The molecule has 5 heteroatoms. The lowest BCUT2D eigenvalue weighted by Crippen LogP contribution is -2.38. The number of likely N-dealkylation sites (N-methyl/N-ethyl adjacent to an activating group) is 2. The Balaban J connectivity index is 2.20. The van der Waals surface area contributed by atoms with Gasteiger partial charge in [0.05, 0.1) is 6.20 Å². The molecule has 0 N–H and O–H groups in total.